The van der Waals surface area contributed by atoms with Gasteiger partial charge in [0.15, 0.2) is 0 Å². The third kappa shape index (κ3) is 3.72. The molecule has 0 spiro atoms. The topological polar surface area (TPSA) is 12.0 Å². The maximum atomic E-state index is 3.80. The molecule has 3 heteroatoms. The summed E-state index contributed by atoms with van der Waals surface area (Å²) in [4.78, 5) is 0. The fourth-order valence-corrected chi connectivity index (χ4v) is 17.0. The zero-order chi connectivity index (χ0) is 11.7. The third-order valence-electron chi connectivity index (χ3n) is 3.62. The molecule has 0 bridgehead atoms. The van der Waals surface area contributed by atoms with Crippen molar-refractivity contribution in [1.82, 2.24) is 5.32 Å². The van der Waals surface area contributed by atoms with Gasteiger partial charge in [0.05, 0.1) is 0 Å². The Morgan fingerprint density at radius 1 is 0.933 bits per heavy atom. The molecule has 1 aliphatic heterocycles. The molecule has 1 heterocycles. The van der Waals surface area contributed by atoms with Crippen LogP contribution in [0.3, 0.4) is 0 Å². The van der Waals surface area contributed by atoms with Crippen molar-refractivity contribution in [3.8, 4) is 0 Å². The molecule has 0 aromatic rings. The van der Waals surface area contributed by atoms with Crippen molar-refractivity contribution in [2.75, 3.05) is 6.54 Å². The lowest BCUT2D eigenvalue weighted by Gasteiger charge is -2.45. The monoisotopic (exact) mass is 243 g/mol. The zero-order valence-corrected chi connectivity index (χ0v) is 13.5. The Morgan fingerprint density at radius 3 is 1.80 bits per heavy atom. The van der Waals surface area contributed by atoms with Gasteiger partial charge in [-0.3, -0.25) is 0 Å². The Kier molecular flexibility index (Phi) is 4.23. The van der Waals surface area contributed by atoms with Gasteiger partial charge in [-0.1, -0.05) is 45.7 Å². The largest absolute Gasteiger partial charge is 0.314 e. The van der Waals surface area contributed by atoms with E-state index in [0.29, 0.717) is 0 Å². The summed E-state index contributed by atoms with van der Waals surface area (Å²) in [6.07, 6.45) is 4.27. The first kappa shape index (κ1) is 13.5. The van der Waals surface area contributed by atoms with E-state index in [0.717, 1.165) is 11.2 Å². The van der Waals surface area contributed by atoms with E-state index in [-0.39, 0.29) is 0 Å². The van der Waals surface area contributed by atoms with Crippen LogP contribution in [0.5, 0.6) is 0 Å². The first-order valence-corrected chi connectivity index (χ1v) is 13.6. The predicted molar refractivity (Wildman–Crippen MR) is 76.1 cm³/mol. The second-order valence-corrected chi connectivity index (χ2v) is 18.6. The summed E-state index contributed by atoms with van der Waals surface area (Å²) in [5.74, 6) is 0. The minimum absolute atomic E-state index is 0.845. The molecule has 0 aromatic heterocycles. The van der Waals surface area contributed by atoms with Crippen LogP contribution in [0.4, 0.5) is 0 Å². The Morgan fingerprint density at radius 2 is 1.47 bits per heavy atom. The second-order valence-electron chi connectivity index (χ2n) is 7.27. The van der Waals surface area contributed by atoms with Gasteiger partial charge >= 0.3 is 0 Å². The van der Waals surface area contributed by atoms with Gasteiger partial charge in [0.1, 0.15) is 0 Å². The van der Waals surface area contributed by atoms with Crippen LogP contribution in [0.1, 0.15) is 19.3 Å². The van der Waals surface area contributed by atoms with Crippen LogP contribution in [0.25, 0.3) is 0 Å². The Balaban J connectivity index is 2.80. The summed E-state index contributed by atoms with van der Waals surface area (Å²) in [5.41, 5.74) is 0. The Bertz CT molecular complexity index is 183. The summed E-state index contributed by atoms with van der Waals surface area (Å²) in [6, 6.07) is 0.845. The molecule has 0 amide bonds. The molecule has 1 atom stereocenters. The van der Waals surface area contributed by atoms with Crippen LogP contribution < -0.4 is 5.32 Å². The molecule has 15 heavy (non-hydrogen) atoms. The standard InChI is InChI=1S/C12H29NSi2/c1-14(2,3)12(15(4,5)6)11-9-7-8-10-13-11/h11-13H,7-10H2,1-6H3. The average molecular weight is 244 g/mol. The summed E-state index contributed by atoms with van der Waals surface area (Å²) in [5, 5.41) is 4.83. The molecule has 0 radical (unpaired) electrons. The lowest BCUT2D eigenvalue weighted by Crippen LogP contribution is -2.55. The summed E-state index contributed by atoms with van der Waals surface area (Å²) in [6.45, 7) is 16.6. The Labute approximate surface area is 98.1 Å². The van der Waals surface area contributed by atoms with Gasteiger partial charge in [-0.15, -0.1) is 0 Å². The molecule has 1 N–H and O–H groups in total. The normalized spacial score (nSPS) is 24.6. The number of nitrogens with one attached hydrogen (secondary N) is 1. The van der Waals surface area contributed by atoms with Crippen LogP contribution >= 0.6 is 0 Å². The molecular weight excluding hydrogens is 214 g/mol. The van der Waals surface area contributed by atoms with E-state index < -0.39 is 16.1 Å². The molecule has 0 aromatic carbocycles. The quantitative estimate of drug-likeness (QED) is 0.745. The maximum absolute atomic E-state index is 3.80. The van der Waals surface area contributed by atoms with Crippen LogP contribution in [0.15, 0.2) is 0 Å². The van der Waals surface area contributed by atoms with Crippen molar-refractivity contribution < 1.29 is 0 Å². The first-order valence-electron chi connectivity index (χ1n) is 6.46. The smallest absolute Gasteiger partial charge is 0.0463 e. The molecule has 1 rings (SSSR count). The van der Waals surface area contributed by atoms with Gasteiger partial charge in [0.25, 0.3) is 0 Å². The molecule has 1 saturated heterocycles. The van der Waals surface area contributed by atoms with Gasteiger partial charge in [-0.05, 0) is 24.6 Å². The average Bonchev–Trinajstić information content (AvgIpc) is 2.00. The van der Waals surface area contributed by atoms with E-state index in [1.54, 1.807) is 0 Å². The SMILES string of the molecule is C[Si](C)(C)C(C1CCCCN1)[Si](C)(C)C. The summed E-state index contributed by atoms with van der Waals surface area (Å²) in [7, 11) is -2.02. The lowest BCUT2D eigenvalue weighted by atomic mass is 10.1. The number of rotatable bonds is 3. The van der Waals surface area contributed by atoms with Crippen molar-refractivity contribution in [1.29, 1.82) is 0 Å². The van der Waals surface area contributed by atoms with Crippen LogP contribution in [0, 0.1) is 0 Å². The molecule has 0 saturated carbocycles. The predicted octanol–water partition coefficient (Wildman–Crippen LogP) is 3.71. The molecule has 1 unspecified atom stereocenters. The number of hydrogen-bond acceptors (Lipinski definition) is 1. The summed E-state index contributed by atoms with van der Waals surface area (Å²) >= 11 is 0. The van der Waals surface area contributed by atoms with E-state index in [1.165, 1.54) is 25.8 Å². The number of hydrogen-bond donors (Lipinski definition) is 1. The van der Waals surface area contributed by atoms with E-state index in [4.69, 9.17) is 0 Å². The van der Waals surface area contributed by atoms with E-state index >= 15 is 0 Å². The van der Waals surface area contributed by atoms with Gasteiger partial charge < -0.3 is 5.32 Å². The lowest BCUT2D eigenvalue weighted by molar-refractivity contribution is 0.406. The van der Waals surface area contributed by atoms with E-state index in [2.05, 4.69) is 44.6 Å². The van der Waals surface area contributed by atoms with Crippen LogP contribution in [0.2, 0.25) is 44.4 Å². The molecule has 1 aliphatic rings. The van der Waals surface area contributed by atoms with Crippen molar-refractivity contribution >= 4 is 16.1 Å². The van der Waals surface area contributed by atoms with Gasteiger partial charge in [0, 0.05) is 22.2 Å². The Hall–Kier alpha value is 0.394. The van der Waals surface area contributed by atoms with Crippen molar-refractivity contribution in [2.45, 2.75) is 69.8 Å². The van der Waals surface area contributed by atoms with E-state index in [1.807, 2.05) is 0 Å². The fourth-order valence-electron chi connectivity index (χ4n) is 3.67. The fraction of sp³-hybridized carbons (Fsp3) is 1.00. The summed E-state index contributed by atoms with van der Waals surface area (Å²) < 4.78 is 0. The molecule has 0 aliphatic carbocycles. The van der Waals surface area contributed by atoms with Gasteiger partial charge in [-0.25, -0.2) is 0 Å². The maximum Gasteiger partial charge on any atom is 0.0463 e. The van der Waals surface area contributed by atoms with Crippen LogP contribution in [-0.2, 0) is 0 Å². The van der Waals surface area contributed by atoms with Gasteiger partial charge in [-0.2, -0.15) is 0 Å². The molecule has 1 fully saturated rings. The molecule has 1 nitrogen and oxygen atoms in total. The molecule has 90 valence electrons. The number of piperidine rings is 1. The first-order chi connectivity index (χ1) is 6.73. The van der Waals surface area contributed by atoms with Crippen LogP contribution in [-0.4, -0.2) is 28.7 Å². The van der Waals surface area contributed by atoms with Gasteiger partial charge in [0.2, 0.25) is 0 Å². The molecular formula is C12H29NSi2. The zero-order valence-electron chi connectivity index (χ0n) is 11.5. The highest BCUT2D eigenvalue weighted by molar-refractivity contribution is 6.96. The van der Waals surface area contributed by atoms with E-state index in [9.17, 15) is 0 Å². The van der Waals surface area contributed by atoms with Crippen molar-refractivity contribution in [3.05, 3.63) is 0 Å². The minimum atomic E-state index is -1.01. The third-order valence-corrected chi connectivity index (χ3v) is 13.3. The second kappa shape index (κ2) is 4.72. The van der Waals surface area contributed by atoms with Crippen molar-refractivity contribution in [2.24, 2.45) is 0 Å². The van der Waals surface area contributed by atoms with Crippen molar-refractivity contribution in [3.63, 3.8) is 0 Å². The highest BCUT2D eigenvalue weighted by Crippen LogP contribution is 2.37. The highest BCUT2D eigenvalue weighted by atomic mass is 28.4. The minimum Gasteiger partial charge on any atom is -0.314 e. The highest BCUT2D eigenvalue weighted by Gasteiger charge is 2.42.